The maximum absolute atomic E-state index is 6.39. The van der Waals surface area contributed by atoms with Crippen molar-refractivity contribution >= 4 is 21.9 Å². The summed E-state index contributed by atoms with van der Waals surface area (Å²) in [4.78, 5) is 4.79. The number of methoxy groups -OCH3 is 1. The van der Waals surface area contributed by atoms with E-state index in [0.717, 1.165) is 34.4 Å². The molecule has 6 nitrogen and oxygen atoms in total. The first kappa shape index (κ1) is 23.9. The summed E-state index contributed by atoms with van der Waals surface area (Å²) >= 11 is 3.53. The van der Waals surface area contributed by atoms with E-state index in [2.05, 4.69) is 82.0 Å². The molecule has 182 valence electrons. The van der Waals surface area contributed by atoms with Gasteiger partial charge in [0.25, 0.3) is 0 Å². The van der Waals surface area contributed by atoms with Crippen LogP contribution in [-0.4, -0.2) is 26.4 Å². The Bertz CT molecular complexity index is 1410. The zero-order chi connectivity index (χ0) is 24.9. The minimum absolute atomic E-state index is 0.0569. The van der Waals surface area contributed by atoms with Crippen molar-refractivity contribution in [2.24, 2.45) is 0 Å². The zero-order valence-electron chi connectivity index (χ0n) is 20.1. The fraction of sp³-hybridized carbons (Fsp3) is 0.172. The second-order valence-corrected chi connectivity index (χ2v) is 9.76. The van der Waals surface area contributed by atoms with Gasteiger partial charge in [-0.05, 0) is 47.4 Å². The summed E-state index contributed by atoms with van der Waals surface area (Å²) in [5.41, 5.74) is 12.0. The Morgan fingerprint density at radius 1 is 0.861 bits per heavy atom. The van der Waals surface area contributed by atoms with Crippen molar-refractivity contribution in [2.75, 3.05) is 12.8 Å². The van der Waals surface area contributed by atoms with E-state index in [-0.39, 0.29) is 5.92 Å². The van der Waals surface area contributed by atoms with Gasteiger partial charge >= 0.3 is 0 Å². The van der Waals surface area contributed by atoms with Crippen LogP contribution in [-0.2, 0) is 19.5 Å². The second kappa shape index (κ2) is 10.8. The van der Waals surface area contributed by atoms with Gasteiger partial charge in [0.15, 0.2) is 0 Å². The van der Waals surface area contributed by atoms with Crippen LogP contribution >= 0.6 is 15.9 Å². The molecule has 0 aliphatic carbocycles. The molecule has 7 heteroatoms. The van der Waals surface area contributed by atoms with Gasteiger partial charge in [-0.1, -0.05) is 70.5 Å². The van der Waals surface area contributed by atoms with Gasteiger partial charge in [0.1, 0.15) is 5.75 Å². The highest BCUT2D eigenvalue weighted by Crippen LogP contribution is 2.30. The molecule has 0 aliphatic rings. The van der Waals surface area contributed by atoms with Crippen molar-refractivity contribution < 1.29 is 4.74 Å². The Morgan fingerprint density at radius 2 is 1.61 bits per heavy atom. The van der Waals surface area contributed by atoms with Gasteiger partial charge in [0, 0.05) is 28.3 Å². The topological polar surface area (TPSA) is 70.9 Å². The number of halogens is 1. The van der Waals surface area contributed by atoms with Crippen LogP contribution in [0.1, 0.15) is 33.9 Å². The number of anilines is 1. The molecule has 0 fully saturated rings. The first-order chi connectivity index (χ1) is 17.6. The van der Waals surface area contributed by atoms with Crippen molar-refractivity contribution in [3.8, 4) is 5.75 Å². The number of nitrogen functional groups attached to an aromatic ring is 1. The molecular weight excluding hydrogens is 514 g/mol. The largest absolute Gasteiger partial charge is 0.497 e. The highest BCUT2D eigenvalue weighted by molar-refractivity contribution is 9.10. The standard InChI is InChI=1S/C29H28BrN5O/c1-36-26-13-9-24(10-14-26)27(15-21-7-11-25(30)12-8-21)28-20-34(29(31)33-28)17-23-16-32-35(19-23)18-22-5-3-2-4-6-22/h2-14,16,19-20,27H,15,17-18H2,1H3,(H2,31,33). The number of benzene rings is 3. The fourth-order valence-corrected chi connectivity index (χ4v) is 4.64. The van der Waals surface area contributed by atoms with Gasteiger partial charge in [-0.2, -0.15) is 5.10 Å². The van der Waals surface area contributed by atoms with Crippen LogP contribution in [0.2, 0.25) is 0 Å². The van der Waals surface area contributed by atoms with E-state index in [1.807, 2.05) is 45.8 Å². The van der Waals surface area contributed by atoms with Gasteiger partial charge in [-0.25, -0.2) is 4.98 Å². The van der Waals surface area contributed by atoms with Crippen LogP contribution in [0.5, 0.6) is 5.75 Å². The molecule has 5 aromatic rings. The van der Waals surface area contributed by atoms with Gasteiger partial charge in [-0.3, -0.25) is 4.68 Å². The number of hydrogen-bond acceptors (Lipinski definition) is 4. The molecule has 2 heterocycles. The number of imidazole rings is 1. The Morgan fingerprint density at radius 3 is 2.33 bits per heavy atom. The maximum atomic E-state index is 6.39. The lowest BCUT2D eigenvalue weighted by Crippen LogP contribution is -2.06. The van der Waals surface area contributed by atoms with E-state index >= 15 is 0 Å². The quantitative estimate of drug-likeness (QED) is 0.252. The summed E-state index contributed by atoms with van der Waals surface area (Å²) in [5.74, 6) is 1.38. The Hall–Kier alpha value is -3.84. The third kappa shape index (κ3) is 5.69. The molecule has 2 N–H and O–H groups in total. The SMILES string of the molecule is COc1ccc(C(Cc2ccc(Br)cc2)c2cn(Cc3cnn(Cc4ccccc4)c3)c(N)n2)cc1. The van der Waals surface area contributed by atoms with E-state index in [1.54, 1.807) is 7.11 Å². The molecule has 0 bridgehead atoms. The number of nitrogens with two attached hydrogens (primary N) is 1. The van der Waals surface area contributed by atoms with Crippen molar-refractivity contribution in [2.45, 2.75) is 25.4 Å². The first-order valence-electron chi connectivity index (χ1n) is 11.8. The number of ether oxygens (including phenoxy) is 1. The van der Waals surface area contributed by atoms with Crippen molar-refractivity contribution in [1.29, 1.82) is 0 Å². The summed E-state index contributed by atoms with van der Waals surface area (Å²) in [6, 6.07) is 26.9. The van der Waals surface area contributed by atoms with Crippen LogP contribution < -0.4 is 10.5 Å². The monoisotopic (exact) mass is 541 g/mol. The van der Waals surface area contributed by atoms with Gasteiger partial charge in [-0.15, -0.1) is 0 Å². The van der Waals surface area contributed by atoms with E-state index in [9.17, 15) is 0 Å². The molecule has 1 unspecified atom stereocenters. The number of hydrogen-bond donors (Lipinski definition) is 1. The smallest absolute Gasteiger partial charge is 0.200 e. The molecule has 2 aromatic heterocycles. The van der Waals surface area contributed by atoms with Crippen LogP contribution in [0.25, 0.3) is 0 Å². The van der Waals surface area contributed by atoms with Gasteiger partial charge < -0.3 is 15.0 Å². The minimum atomic E-state index is 0.0569. The van der Waals surface area contributed by atoms with Crippen molar-refractivity contribution in [3.05, 3.63) is 130 Å². The molecule has 0 saturated heterocycles. The van der Waals surface area contributed by atoms with Gasteiger partial charge in [0.2, 0.25) is 5.95 Å². The average Bonchev–Trinajstić information content (AvgIpc) is 3.50. The molecule has 0 spiro atoms. The average molecular weight is 542 g/mol. The Balaban J connectivity index is 1.39. The second-order valence-electron chi connectivity index (χ2n) is 8.84. The molecule has 5 rings (SSSR count). The first-order valence-corrected chi connectivity index (χ1v) is 12.6. The van der Waals surface area contributed by atoms with Crippen molar-refractivity contribution in [1.82, 2.24) is 19.3 Å². The molecule has 0 aliphatic heterocycles. The molecule has 0 saturated carbocycles. The molecule has 3 aromatic carbocycles. The van der Waals surface area contributed by atoms with Crippen LogP contribution in [0.4, 0.5) is 5.95 Å². The van der Waals surface area contributed by atoms with Crippen LogP contribution in [0.15, 0.2) is 102 Å². The predicted octanol–water partition coefficient (Wildman–Crippen LogP) is 5.90. The number of aromatic nitrogens is 4. The van der Waals surface area contributed by atoms with E-state index in [0.29, 0.717) is 12.5 Å². The molecule has 0 radical (unpaired) electrons. The highest BCUT2D eigenvalue weighted by atomic mass is 79.9. The maximum Gasteiger partial charge on any atom is 0.200 e. The van der Waals surface area contributed by atoms with E-state index < -0.39 is 0 Å². The lowest BCUT2D eigenvalue weighted by atomic mass is 9.89. The zero-order valence-corrected chi connectivity index (χ0v) is 21.7. The molecule has 36 heavy (non-hydrogen) atoms. The lowest BCUT2D eigenvalue weighted by molar-refractivity contribution is 0.414. The predicted molar refractivity (Wildman–Crippen MR) is 146 cm³/mol. The summed E-state index contributed by atoms with van der Waals surface area (Å²) in [6.07, 6.45) is 6.84. The summed E-state index contributed by atoms with van der Waals surface area (Å²) in [6.45, 7) is 1.35. The summed E-state index contributed by atoms with van der Waals surface area (Å²) < 4.78 is 10.4. The molecule has 1 atom stereocenters. The van der Waals surface area contributed by atoms with E-state index in [4.69, 9.17) is 15.5 Å². The minimum Gasteiger partial charge on any atom is -0.497 e. The normalized spacial score (nSPS) is 11.9. The number of nitrogens with zero attached hydrogens (tertiary/aromatic N) is 4. The van der Waals surface area contributed by atoms with Gasteiger partial charge in [0.05, 0.1) is 32.1 Å². The molecular formula is C29H28BrN5O. The third-order valence-electron chi connectivity index (χ3n) is 6.28. The lowest BCUT2D eigenvalue weighted by Gasteiger charge is -2.16. The Kier molecular flexibility index (Phi) is 7.18. The molecule has 0 amide bonds. The third-order valence-corrected chi connectivity index (χ3v) is 6.81. The Labute approximate surface area is 219 Å². The summed E-state index contributed by atoms with van der Waals surface area (Å²) in [5, 5.41) is 4.53. The van der Waals surface area contributed by atoms with E-state index in [1.165, 1.54) is 16.7 Å². The van der Waals surface area contributed by atoms with Crippen LogP contribution in [0, 0.1) is 0 Å². The van der Waals surface area contributed by atoms with Crippen LogP contribution in [0.3, 0.4) is 0 Å². The highest BCUT2D eigenvalue weighted by Gasteiger charge is 2.20. The summed E-state index contributed by atoms with van der Waals surface area (Å²) in [7, 11) is 1.68. The fourth-order valence-electron chi connectivity index (χ4n) is 4.37. The van der Waals surface area contributed by atoms with Crippen molar-refractivity contribution in [3.63, 3.8) is 0 Å². The number of rotatable bonds is 9.